The van der Waals surface area contributed by atoms with E-state index in [-0.39, 0.29) is 0 Å². The van der Waals surface area contributed by atoms with Crippen LogP contribution in [0.15, 0.2) is 24.3 Å². The van der Waals surface area contributed by atoms with Gasteiger partial charge in [0.25, 0.3) is 0 Å². The van der Waals surface area contributed by atoms with Crippen molar-refractivity contribution < 1.29 is 0 Å². The molecule has 0 aliphatic carbocycles. The number of halogens is 1. The van der Waals surface area contributed by atoms with Crippen LogP contribution in [0.25, 0.3) is 0 Å². The quantitative estimate of drug-likeness (QED) is 0.433. The Kier molecular flexibility index (Phi) is 7.63. The number of nitrogens with zero attached hydrogens (tertiary/aromatic N) is 4. The minimum Gasteiger partial charge on any atom is -0.368 e. The zero-order valence-electron chi connectivity index (χ0n) is 15.7. The first-order chi connectivity index (χ1) is 13.2. The summed E-state index contributed by atoms with van der Waals surface area (Å²) in [6.45, 7) is 4.05. The topological polar surface area (TPSA) is 86.1 Å². The number of aromatic nitrogens is 3. The number of aromatic amines is 1. The fourth-order valence-electron chi connectivity index (χ4n) is 3.50. The van der Waals surface area contributed by atoms with Crippen LogP contribution in [-0.4, -0.2) is 65.1 Å². The van der Waals surface area contributed by atoms with E-state index in [1.807, 2.05) is 19.2 Å². The molecule has 3 rings (SSSR count). The average Bonchev–Trinajstić information content (AvgIpc) is 3.12. The van der Waals surface area contributed by atoms with Crippen molar-refractivity contribution in [3.8, 4) is 0 Å². The second-order valence-corrected chi connectivity index (χ2v) is 8.25. The number of piperidine rings is 1. The second kappa shape index (κ2) is 10.2. The molecule has 27 heavy (non-hydrogen) atoms. The smallest absolute Gasteiger partial charge is 0.246 e. The number of hydrogen-bond donors (Lipinski definition) is 3. The Morgan fingerprint density at radius 2 is 2.04 bits per heavy atom. The molecule has 9 heteroatoms. The van der Waals surface area contributed by atoms with E-state index in [0.29, 0.717) is 17.9 Å². The SMILES string of the molecule is CNSCCN(CCc1ccc(Cl)cc1)C1CCN(c2n[nH]c(N)n2)CC1. The Morgan fingerprint density at radius 1 is 1.30 bits per heavy atom. The van der Waals surface area contributed by atoms with Crippen LogP contribution in [0.3, 0.4) is 0 Å². The van der Waals surface area contributed by atoms with Gasteiger partial charge in [0.05, 0.1) is 0 Å². The van der Waals surface area contributed by atoms with E-state index in [9.17, 15) is 0 Å². The minimum atomic E-state index is 0.376. The lowest BCUT2D eigenvalue weighted by Crippen LogP contribution is -2.46. The molecular formula is C18H28ClN7S. The first-order valence-corrected chi connectivity index (χ1v) is 10.7. The zero-order chi connectivity index (χ0) is 19.1. The maximum Gasteiger partial charge on any atom is 0.246 e. The number of nitrogens with one attached hydrogen (secondary N) is 2. The lowest BCUT2D eigenvalue weighted by Gasteiger charge is -2.38. The highest BCUT2D eigenvalue weighted by Crippen LogP contribution is 2.21. The van der Waals surface area contributed by atoms with Gasteiger partial charge in [-0.05, 0) is 44.0 Å². The van der Waals surface area contributed by atoms with Crippen LogP contribution in [0.2, 0.25) is 5.02 Å². The van der Waals surface area contributed by atoms with E-state index in [2.05, 4.69) is 41.8 Å². The molecule has 0 amide bonds. The average molecular weight is 410 g/mol. The molecule has 7 nitrogen and oxygen atoms in total. The van der Waals surface area contributed by atoms with Crippen molar-refractivity contribution >= 4 is 35.4 Å². The maximum atomic E-state index is 6.00. The fourth-order valence-corrected chi connectivity index (χ4v) is 4.16. The third-order valence-corrected chi connectivity index (χ3v) is 5.91. The first-order valence-electron chi connectivity index (χ1n) is 9.35. The highest BCUT2D eigenvalue weighted by molar-refractivity contribution is 7.97. The Labute approximate surface area is 170 Å². The summed E-state index contributed by atoms with van der Waals surface area (Å²) < 4.78 is 3.17. The molecule has 4 N–H and O–H groups in total. The molecule has 0 atom stereocenters. The van der Waals surface area contributed by atoms with Crippen molar-refractivity contribution in [3.63, 3.8) is 0 Å². The molecule has 1 saturated heterocycles. The van der Waals surface area contributed by atoms with Gasteiger partial charge in [0.15, 0.2) is 0 Å². The van der Waals surface area contributed by atoms with Crippen molar-refractivity contribution in [2.45, 2.75) is 25.3 Å². The fraction of sp³-hybridized carbons (Fsp3) is 0.556. The van der Waals surface area contributed by atoms with E-state index in [4.69, 9.17) is 17.3 Å². The van der Waals surface area contributed by atoms with Crippen molar-refractivity contribution in [2.75, 3.05) is 49.6 Å². The highest BCUT2D eigenvalue weighted by atomic mass is 35.5. The van der Waals surface area contributed by atoms with E-state index in [0.717, 1.165) is 56.2 Å². The Balaban J connectivity index is 1.54. The first kappa shape index (κ1) is 20.3. The lowest BCUT2D eigenvalue weighted by molar-refractivity contribution is 0.180. The van der Waals surface area contributed by atoms with Crippen LogP contribution < -0.4 is 15.4 Å². The summed E-state index contributed by atoms with van der Waals surface area (Å²) in [5.41, 5.74) is 6.99. The summed E-state index contributed by atoms with van der Waals surface area (Å²) in [6, 6.07) is 8.78. The summed E-state index contributed by atoms with van der Waals surface area (Å²) in [7, 11) is 1.98. The summed E-state index contributed by atoms with van der Waals surface area (Å²) in [6.07, 6.45) is 3.26. The highest BCUT2D eigenvalue weighted by Gasteiger charge is 2.26. The van der Waals surface area contributed by atoms with Crippen LogP contribution in [-0.2, 0) is 6.42 Å². The molecule has 1 fully saturated rings. The van der Waals surface area contributed by atoms with Gasteiger partial charge in [-0.2, -0.15) is 4.98 Å². The Hall–Kier alpha value is -1.48. The second-order valence-electron chi connectivity index (χ2n) is 6.70. The van der Waals surface area contributed by atoms with Crippen molar-refractivity contribution in [2.24, 2.45) is 0 Å². The number of H-pyrrole nitrogens is 1. The number of anilines is 2. The maximum absolute atomic E-state index is 6.00. The Morgan fingerprint density at radius 3 is 2.67 bits per heavy atom. The minimum absolute atomic E-state index is 0.376. The number of benzene rings is 1. The monoisotopic (exact) mass is 409 g/mol. The summed E-state index contributed by atoms with van der Waals surface area (Å²) >= 11 is 7.77. The van der Waals surface area contributed by atoms with Gasteiger partial charge in [-0.15, -0.1) is 5.10 Å². The molecule has 0 saturated carbocycles. The number of hydrogen-bond acceptors (Lipinski definition) is 7. The van der Waals surface area contributed by atoms with Crippen molar-refractivity contribution in [1.82, 2.24) is 24.8 Å². The van der Waals surface area contributed by atoms with E-state index < -0.39 is 0 Å². The Bertz CT molecular complexity index is 685. The summed E-state index contributed by atoms with van der Waals surface area (Å²) in [4.78, 5) is 9.09. The van der Waals surface area contributed by atoms with E-state index in [1.54, 1.807) is 11.9 Å². The molecule has 0 radical (unpaired) electrons. The van der Waals surface area contributed by atoms with Crippen LogP contribution in [0.5, 0.6) is 0 Å². The largest absolute Gasteiger partial charge is 0.368 e. The number of nitrogen functional groups attached to an aromatic ring is 1. The normalized spacial score (nSPS) is 15.6. The molecule has 1 aromatic heterocycles. The van der Waals surface area contributed by atoms with Gasteiger partial charge in [-0.25, -0.2) is 5.10 Å². The van der Waals surface area contributed by atoms with Gasteiger partial charge in [-0.1, -0.05) is 35.7 Å². The van der Waals surface area contributed by atoms with Gasteiger partial charge >= 0.3 is 0 Å². The molecule has 1 aliphatic rings. The lowest BCUT2D eigenvalue weighted by atomic mass is 10.0. The molecule has 2 aromatic rings. The molecule has 2 heterocycles. The predicted octanol–water partition coefficient (Wildman–Crippen LogP) is 2.42. The van der Waals surface area contributed by atoms with Crippen LogP contribution >= 0.6 is 23.5 Å². The molecule has 0 bridgehead atoms. The summed E-state index contributed by atoms with van der Waals surface area (Å²) in [5.74, 6) is 2.17. The molecule has 1 aliphatic heterocycles. The van der Waals surface area contributed by atoms with Gasteiger partial charge in [0.2, 0.25) is 11.9 Å². The van der Waals surface area contributed by atoms with Gasteiger partial charge < -0.3 is 10.6 Å². The van der Waals surface area contributed by atoms with E-state index >= 15 is 0 Å². The van der Waals surface area contributed by atoms with Crippen LogP contribution in [0, 0.1) is 0 Å². The van der Waals surface area contributed by atoms with E-state index in [1.165, 1.54) is 5.56 Å². The van der Waals surface area contributed by atoms with Gasteiger partial charge in [-0.3, -0.25) is 9.62 Å². The number of rotatable bonds is 9. The standard InChI is InChI=1S/C18H28ClN7S/c1-21-27-13-12-25(9-6-14-2-4-15(19)5-3-14)16-7-10-26(11-8-16)18-22-17(20)23-24-18/h2-5,16,21H,6-13H2,1H3,(H3,20,22,23,24). The third-order valence-electron chi connectivity index (χ3n) is 4.98. The van der Waals surface area contributed by atoms with Gasteiger partial charge in [0, 0.05) is 43.0 Å². The van der Waals surface area contributed by atoms with Crippen LogP contribution in [0.1, 0.15) is 18.4 Å². The van der Waals surface area contributed by atoms with Crippen LogP contribution in [0.4, 0.5) is 11.9 Å². The number of nitrogens with two attached hydrogens (primary N) is 1. The molecule has 0 unspecified atom stereocenters. The summed E-state index contributed by atoms with van der Waals surface area (Å²) in [5, 5.41) is 7.70. The molecule has 0 spiro atoms. The van der Waals surface area contributed by atoms with Crippen molar-refractivity contribution in [1.29, 1.82) is 0 Å². The molecule has 1 aromatic carbocycles. The third kappa shape index (κ3) is 6.00. The van der Waals surface area contributed by atoms with Crippen molar-refractivity contribution in [3.05, 3.63) is 34.9 Å². The van der Waals surface area contributed by atoms with Gasteiger partial charge in [0.1, 0.15) is 0 Å². The molecule has 148 valence electrons. The predicted molar refractivity (Wildman–Crippen MR) is 114 cm³/mol. The molecular weight excluding hydrogens is 382 g/mol. The zero-order valence-corrected chi connectivity index (χ0v) is 17.3.